The second-order valence-electron chi connectivity index (χ2n) is 8.23. The minimum absolute atomic E-state index is 0.0153. The zero-order valence-corrected chi connectivity index (χ0v) is 20.9. The highest BCUT2D eigenvalue weighted by atomic mass is 16.6. The first kappa shape index (κ1) is 26.3. The van der Waals surface area contributed by atoms with Gasteiger partial charge in [0.05, 0.1) is 50.9 Å². The van der Waals surface area contributed by atoms with E-state index in [1.807, 2.05) is 55.5 Å². The van der Waals surface area contributed by atoms with E-state index in [0.717, 1.165) is 22.5 Å². The van der Waals surface area contributed by atoms with Crippen molar-refractivity contribution < 1.29 is 28.6 Å². The molecule has 37 heavy (non-hydrogen) atoms. The fourth-order valence-corrected chi connectivity index (χ4v) is 3.90. The van der Waals surface area contributed by atoms with E-state index in [1.54, 1.807) is 0 Å². The largest absolute Gasteiger partial charge is 0.393 e. The molecular weight excluding hydrogens is 476 g/mol. The van der Waals surface area contributed by atoms with Crippen LogP contribution in [0.5, 0.6) is 0 Å². The molecule has 2 heterocycles. The molecular formula is C27H32N4O6. The molecule has 10 nitrogen and oxygen atoms in total. The Morgan fingerprint density at radius 2 is 1.41 bits per heavy atom. The summed E-state index contributed by atoms with van der Waals surface area (Å²) in [5, 5.41) is 13.3. The molecule has 10 heteroatoms. The van der Waals surface area contributed by atoms with Crippen LogP contribution in [0.1, 0.15) is 24.5 Å². The van der Waals surface area contributed by atoms with Crippen molar-refractivity contribution in [2.24, 2.45) is 5.16 Å². The van der Waals surface area contributed by atoms with Gasteiger partial charge in [0.15, 0.2) is 0 Å². The van der Waals surface area contributed by atoms with Crippen LogP contribution in [-0.2, 0) is 28.6 Å². The first-order valence-corrected chi connectivity index (χ1v) is 12.4. The van der Waals surface area contributed by atoms with Gasteiger partial charge in [-0.2, -0.15) is 0 Å². The number of carbonyl (C=O) groups is 2. The molecule has 0 radical (unpaired) electrons. The predicted octanol–water partition coefficient (Wildman–Crippen LogP) is 2.77. The molecule has 0 aliphatic carbocycles. The number of nitrogens with zero attached hydrogens (tertiary/aromatic N) is 1. The molecule has 0 fully saturated rings. The Hall–Kier alpha value is -3.73. The summed E-state index contributed by atoms with van der Waals surface area (Å²) < 4.78 is 16.4. The average molecular weight is 509 g/mol. The topological polar surface area (TPSA) is 120 Å². The molecule has 4 rings (SSSR count). The minimum Gasteiger partial charge on any atom is -0.393 e. The Labute approximate surface area is 216 Å². The fraction of sp³-hybridized carbons (Fsp3) is 0.370. The number of benzene rings is 2. The van der Waals surface area contributed by atoms with Crippen LogP contribution in [0.2, 0.25) is 0 Å². The summed E-state index contributed by atoms with van der Waals surface area (Å²) in [6, 6.07) is 15.3. The zero-order valence-electron chi connectivity index (χ0n) is 20.9. The third-order valence-corrected chi connectivity index (χ3v) is 5.71. The molecule has 2 aliphatic heterocycles. The van der Waals surface area contributed by atoms with E-state index in [4.69, 9.17) is 19.0 Å². The Morgan fingerprint density at radius 1 is 0.811 bits per heavy atom. The molecule has 0 spiro atoms. The maximum atomic E-state index is 12.8. The SMILES string of the molecule is CCC(=O)NCCOCCOCCOCCO/N=C1/C(=C2/C(=O)Nc3ccccc32)Nc2ccccc21. The number of oxime groups is 1. The van der Waals surface area contributed by atoms with Crippen LogP contribution in [-0.4, -0.2) is 70.3 Å². The number of amides is 2. The molecule has 2 aromatic rings. The molecule has 196 valence electrons. The number of allylic oxidation sites excluding steroid dienone is 1. The van der Waals surface area contributed by atoms with Crippen LogP contribution in [0, 0.1) is 0 Å². The van der Waals surface area contributed by atoms with Crippen LogP contribution in [0.4, 0.5) is 11.4 Å². The van der Waals surface area contributed by atoms with E-state index in [-0.39, 0.29) is 18.4 Å². The maximum absolute atomic E-state index is 12.8. The van der Waals surface area contributed by atoms with Gasteiger partial charge in [-0.05, 0) is 12.1 Å². The highest BCUT2D eigenvalue weighted by Gasteiger charge is 2.34. The van der Waals surface area contributed by atoms with Gasteiger partial charge in [-0.3, -0.25) is 9.59 Å². The van der Waals surface area contributed by atoms with Crippen LogP contribution in [0.15, 0.2) is 59.4 Å². The van der Waals surface area contributed by atoms with Gasteiger partial charge in [0.2, 0.25) is 5.91 Å². The third kappa shape index (κ3) is 6.94. The molecule has 0 saturated heterocycles. The van der Waals surface area contributed by atoms with Crippen LogP contribution >= 0.6 is 0 Å². The van der Waals surface area contributed by atoms with E-state index in [0.29, 0.717) is 69.6 Å². The second-order valence-corrected chi connectivity index (χ2v) is 8.23. The van der Waals surface area contributed by atoms with Gasteiger partial charge in [-0.15, -0.1) is 0 Å². The molecule has 0 saturated carbocycles. The van der Waals surface area contributed by atoms with Gasteiger partial charge < -0.3 is 35.0 Å². The van der Waals surface area contributed by atoms with Gasteiger partial charge >= 0.3 is 0 Å². The summed E-state index contributed by atoms with van der Waals surface area (Å²) in [6.07, 6.45) is 0.472. The normalized spacial score (nSPS) is 16.8. The van der Waals surface area contributed by atoms with Crippen molar-refractivity contribution in [1.82, 2.24) is 5.32 Å². The monoisotopic (exact) mass is 508 g/mol. The average Bonchev–Trinajstić information content (AvgIpc) is 3.44. The van der Waals surface area contributed by atoms with Crippen molar-refractivity contribution in [2.45, 2.75) is 13.3 Å². The van der Waals surface area contributed by atoms with Crippen molar-refractivity contribution in [3.63, 3.8) is 0 Å². The molecule has 3 N–H and O–H groups in total. The number of carbonyl (C=O) groups excluding carboxylic acids is 2. The highest BCUT2D eigenvalue weighted by molar-refractivity contribution is 6.39. The summed E-state index contributed by atoms with van der Waals surface area (Å²) in [7, 11) is 0. The number of anilines is 2. The Morgan fingerprint density at radius 3 is 2.11 bits per heavy atom. The summed E-state index contributed by atoms with van der Waals surface area (Å²) in [4.78, 5) is 29.5. The Bertz CT molecular complexity index is 1160. The van der Waals surface area contributed by atoms with E-state index >= 15 is 0 Å². The number of hydrogen-bond donors (Lipinski definition) is 3. The Kier molecular flexibility index (Phi) is 9.64. The van der Waals surface area contributed by atoms with Gasteiger partial charge in [0.25, 0.3) is 5.91 Å². The zero-order chi connectivity index (χ0) is 25.9. The van der Waals surface area contributed by atoms with Crippen molar-refractivity contribution in [1.29, 1.82) is 0 Å². The van der Waals surface area contributed by atoms with Gasteiger partial charge in [0.1, 0.15) is 12.3 Å². The predicted molar refractivity (Wildman–Crippen MR) is 140 cm³/mol. The van der Waals surface area contributed by atoms with Crippen molar-refractivity contribution in [3.05, 3.63) is 65.4 Å². The van der Waals surface area contributed by atoms with Crippen molar-refractivity contribution in [2.75, 3.05) is 63.4 Å². The summed E-state index contributed by atoms with van der Waals surface area (Å²) in [5.74, 6) is -0.164. The van der Waals surface area contributed by atoms with E-state index in [2.05, 4.69) is 21.1 Å². The lowest BCUT2D eigenvalue weighted by Crippen LogP contribution is -2.26. The molecule has 0 atom stereocenters. The van der Waals surface area contributed by atoms with Crippen molar-refractivity contribution in [3.8, 4) is 0 Å². The summed E-state index contributed by atoms with van der Waals surface area (Å²) in [5.41, 5.74) is 5.07. The molecule has 2 amide bonds. The lowest BCUT2D eigenvalue weighted by atomic mass is 10.0. The van der Waals surface area contributed by atoms with Crippen LogP contribution in [0.25, 0.3) is 5.57 Å². The fourth-order valence-electron chi connectivity index (χ4n) is 3.90. The smallest absolute Gasteiger partial charge is 0.258 e. The quantitative estimate of drug-likeness (QED) is 0.204. The summed E-state index contributed by atoms with van der Waals surface area (Å²) in [6.45, 7) is 5.14. The van der Waals surface area contributed by atoms with Gasteiger partial charge in [0, 0.05) is 35.5 Å². The van der Waals surface area contributed by atoms with Gasteiger partial charge in [-0.1, -0.05) is 48.5 Å². The second kappa shape index (κ2) is 13.5. The number of ether oxygens (including phenoxy) is 3. The Balaban J connectivity index is 1.20. The molecule has 2 aromatic carbocycles. The van der Waals surface area contributed by atoms with Crippen LogP contribution < -0.4 is 16.0 Å². The first-order valence-electron chi connectivity index (χ1n) is 12.4. The highest BCUT2D eigenvalue weighted by Crippen LogP contribution is 2.38. The minimum atomic E-state index is -0.179. The van der Waals surface area contributed by atoms with E-state index in [9.17, 15) is 9.59 Å². The maximum Gasteiger partial charge on any atom is 0.258 e. The number of nitrogens with one attached hydrogen (secondary N) is 3. The lowest BCUT2D eigenvalue weighted by molar-refractivity contribution is -0.121. The van der Waals surface area contributed by atoms with Crippen LogP contribution in [0.3, 0.4) is 0 Å². The number of para-hydroxylation sites is 2. The summed E-state index contributed by atoms with van der Waals surface area (Å²) >= 11 is 0. The van der Waals surface area contributed by atoms with E-state index < -0.39 is 0 Å². The molecule has 0 bridgehead atoms. The standard InChI is InChI=1S/C27H32N4O6/c1-2-23(32)28-11-12-34-13-14-35-15-16-36-17-18-37-31-25-20-8-4-6-10-22(20)29-26(25)24-19-7-3-5-9-21(19)30-27(24)33/h3-10,29H,2,11-18H2,1H3,(H,28,32)(H,30,33)/b26-24-,31-25+. The number of hydrogen-bond acceptors (Lipinski definition) is 8. The van der Waals surface area contributed by atoms with Crippen molar-refractivity contribution >= 4 is 34.5 Å². The number of rotatable bonds is 14. The molecule has 2 aliphatic rings. The number of fused-ring (bicyclic) bond motifs is 2. The van der Waals surface area contributed by atoms with E-state index in [1.165, 1.54) is 0 Å². The van der Waals surface area contributed by atoms with Gasteiger partial charge in [-0.25, -0.2) is 0 Å². The molecule has 0 aromatic heterocycles. The first-order chi connectivity index (χ1) is 18.2. The lowest BCUT2D eigenvalue weighted by Gasteiger charge is -2.08. The third-order valence-electron chi connectivity index (χ3n) is 5.71. The molecule has 0 unspecified atom stereocenters.